The van der Waals surface area contributed by atoms with E-state index in [1.807, 2.05) is 31.2 Å². The van der Waals surface area contributed by atoms with Crippen LogP contribution in [0.3, 0.4) is 0 Å². The van der Waals surface area contributed by atoms with Gasteiger partial charge in [0.15, 0.2) is 0 Å². The second-order valence-electron chi connectivity index (χ2n) is 5.70. The van der Waals surface area contributed by atoms with Crippen molar-refractivity contribution in [1.29, 1.82) is 0 Å². The van der Waals surface area contributed by atoms with Gasteiger partial charge in [0.2, 0.25) is 0 Å². The Kier molecular flexibility index (Phi) is 5.83. The lowest BCUT2D eigenvalue weighted by molar-refractivity contribution is 0.0981. The molecule has 1 fully saturated rings. The van der Waals surface area contributed by atoms with Gasteiger partial charge < -0.3 is 20.3 Å². The molecule has 0 spiro atoms. The molecule has 1 saturated carbocycles. The zero-order valence-electron chi connectivity index (χ0n) is 12.1. The molecule has 0 heterocycles. The number of hydrogen-bond acceptors (Lipinski definition) is 4. The van der Waals surface area contributed by atoms with E-state index in [-0.39, 0.29) is 12.7 Å². The molecule has 20 heavy (non-hydrogen) atoms. The Balaban J connectivity index is 1.61. The molecule has 4 nitrogen and oxygen atoms in total. The zero-order chi connectivity index (χ0) is 14.4. The average Bonchev–Trinajstić information content (AvgIpc) is 2.82. The summed E-state index contributed by atoms with van der Waals surface area (Å²) in [4.78, 5) is 0. The zero-order valence-corrected chi connectivity index (χ0v) is 12.1. The maximum absolute atomic E-state index is 9.87. The molecule has 2 rings (SSSR count). The second-order valence-corrected chi connectivity index (χ2v) is 5.70. The third-order valence-electron chi connectivity index (χ3n) is 3.84. The molecule has 0 radical (unpaired) electrons. The van der Waals surface area contributed by atoms with E-state index >= 15 is 0 Å². The number of aliphatic hydroxyl groups excluding tert-OH is 2. The van der Waals surface area contributed by atoms with E-state index in [4.69, 9.17) is 4.74 Å². The number of aryl methyl sites for hydroxylation is 1. The smallest absolute Gasteiger partial charge is 0.119 e. The van der Waals surface area contributed by atoms with Crippen LogP contribution in [0, 0.1) is 12.8 Å². The normalized spacial score (nSPS) is 23.8. The minimum absolute atomic E-state index is 0.178. The number of ether oxygens (including phenoxy) is 1. The van der Waals surface area contributed by atoms with Crippen molar-refractivity contribution in [2.75, 3.05) is 19.7 Å². The first-order chi connectivity index (χ1) is 9.65. The molecular weight excluding hydrogens is 254 g/mol. The maximum atomic E-state index is 9.87. The molecule has 1 aliphatic carbocycles. The Hall–Kier alpha value is -1.10. The van der Waals surface area contributed by atoms with Crippen LogP contribution in [0.15, 0.2) is 24.3 Å². The van der Waals surface area contributed by atoms with Crippen LogP contribution < -0.4 is 10.1 Å². The average molecular weight is 279 g/mol. The molecule has 0 aromatic heterocycles. The second kappa shape index (κ2) is 7.62. The lowest BCUT2D eigenvalue weighted by atomic mass is 10.1. The van der Waals surface area contributed by atoms with Crippen LogP contribution in [0.25, 0.3) is 0 Å². The molecule has 4 heteroatoms. The summed E-state index contributed by atoms with van der Waals surface area (Å²) < 4.78 is 5.55. The summed E-state index contributed by atoms with van der Waals surface area (Å²) in [6.45, 7) is 3.55. The van der Waals surface area contributed by atoms with Gasteiger partial charge in [0.1, 0.15) is 18.5 Å². The predicted molar refractivity (Wildman–Crippen MR) is 78.9 cm³/mol. The van der Waals surface area contributed by atoms with E-state index in [1.165, 1.54) is 0 Å². The SMILES string of the molecule is Cc1cccc(OCC(O)CNCC2CCCC2O)c1. The first kappa shape index (κ1) is 15.3. The summed E-state index contributed by atoms with van der Waals surface area (Å²) >= 11 is 0. The molecule has 1 aromatic rings. The van der Waals surface area contributed by atoms with E-state index in [0.29, 0.717) is 12.5 Å². The van der Waals surface area contributed by atoms with Crippen molar-refractivity contribution < 1.29 is 14.9 Å². The van der Waals surface area contributed by atoms with Crippen molar-refractivity contribution in [3.8, 4) is 5.75 Å². The Morgan fingerprint density at radius 1 is 1.40 bits per heavy atom. The van der Waals surface area contributed by atoms with Gasteiger partial charge in [0.05, 0.1) is 6.10 Å². The van der Waals surface area contributed by atoms with Gasteiger partial charge >= 0.3 is 0 Å². The van der Waals surface area contributed by atoms with Crippen LogP contribution in [0.4, 0.5) is 0 Å². The Bertz CT molecular complexity index is 410. The van der Waals surface area contributed by atoms with Crippen molar-refractivity contribution in [3.63, 3.8) is 0 Å². The first-order valence-electron chi connectivity index (χ1n) is 7.41. The number of aliphatic hydroxyl groups is 2. The molecule has 0 amide bonds. The lowest BCUT2D eigenvalue weighted by Gasteiger charge is -2.17. The van der Waals surface area contributed by atoms with Crippen molar-refractivity contribution in [2.24, 2.45) is 5.92 Å². The van der Waals surface area contributed by atoms with Gasteiger partial charge in [-0.15, -0.1) is 0 Å². The molecule has 112 valence electrons. The highest BCUT2D eigenvalue weighted by atomic mass is 16.5. The van der Waals surface area contributed by atoms with E-state index in [9.17, 15) is 10.2 Å². The van der Waals surface area contributed by atoms with Gasteiger partial charge in [-0.3, -0.25) is 0 Å². The van der Waals surface area contributed by atoms with Crippen molar-refractivity contribution in [2.45, 2.75) is 38.4 Å². The van der Waals surface area contributed by atoms with Gasteiger partial charge in [0.25, 0.3) is 0 Å². The molecule has 0 aliphatic heterocycles. The summed E-state index contributed by atoms with van der Waals surface area (Å²) in [6, 6.07) is 7.80. The van der Waals surface area contributed by atoms with Gasteiger partial charge in [-0.1, -0.05) is 18.6 Å². The van der Waals surface area contributed by atoms with Crippen molar-refractivity contribution in [1.82, 2.24) is 5.32 Å². The summed E-state index contributed by atoms with van der Waals surface area (Å²) in [5.41, 5.74) is 1.14. The quantitative estimate of drug-likeness (QED) is 0.707. The van der Waals surface area contributed by atoms with Gasteiger partial charge in [-0.25, -0.2) is 0 Å². The van der Waals surface area contributed by atoms with Crippen LogP contribution in [0.5, 0.6) is 5.75 Å². The van der Waals surface area contributed by atoms with Crippen LogP contribution in [0.1, 0.15) is 24.8 Å². The molecule has 1 aliphatic rings. The summed E-state index contributed by atoms with van der Waals surface area (Å²) in [5.74, 6) is 1.12. The Morgan fingerprint density at radius 2 is 2.25 bits per heavy atom. The summed E-state index contributed by atoms with van der Waals surface area (Å²) in [5, 5.41) is 22.8. The first-order valence-corrected chi connectivity index (χ1v) is 7.41. The third kappa shape index (κ3) is 4.78. The highest BCUT2D eigenvalue weighted by molar-refractivity contribution is 5.27. The van der Waals surface area contributed by atoms with Gasteiger partial charge in [-0.2, -0.15) is 0 Å². The summed E-state index contributed by atoms with van der Waals surface area (Å²) in [7, 11) is 0. The highest BCUT2D eigenvalue weighted by Crippen LogP contribution is 2.24. The number of nitrogens with one attached hydrogen (secondary N) is 1. The van der Waals surface area contributed by atoms with Gasteiger partial charge in [-0.05, 0) is 43.4 Å². The minimum atomic E-state index is -0.533. The standard InChI is InChI=1S/C16H25NO3/c1-12-4-2-6-15(8-12)20-11-14(18)10-17-9-13-5-3-7-16(13)19/h2,4,6,8,13-14,16-19H,3,5,7,9-11H2,1H3. The molecule has 3 N–H and O–H groups in total. The molecule has 3 unspecified atom stereocenters. The summed E-state index contributed by atoms with van der Waals surface area (Å²) in [6.07, 6.45) is 2.37. The topological polar surface area (TPSA) is 61.7 Å². The van der Waals surface area contributed by atoms with Crippen molar-refractivity contribution >= 4 is 0 Å². The third-order valence-corrected chi connectivity index (χ3v) is 3.84. The predicted octanol–water partition coefficient (Wildman–Crippen LogP) is 1.49. The van der Waals surface area contributed by atoms with Crippen molar-refractivity contribution in [3.05, 3.63) is 29.8 Å². The van der Waals surface area contributed by atoms with E-state index < -0.39 is 6.10 Å². The van der Waals surface area contributed by atoms with Crippen LogP contribution in [-0.4, -0.2) is 42.1 Å². The molecular formula is C16H25NO3. The number of hydrogen-bond donors (Lipinski definition) is 3. The fourth-order valence-corrected chi connectivity index (χ4v) is 2.65. The van der Waals surface area contributed by atoms with Crippen LogP contribution >= 0.6 is 0 Å². The molecule has 3 atom stereocenters. The lowest BCUT2D eigenvalue weighted by Crippen LogP contribution is -2.35. The fraction of sp³-hybridized carbons (Fsp3) is 0.625. The Labute approximate surface area is 120 Å². The maximum Gasteiger partial charge on any atom is 0.119 e. The van der Waals surface area contributed by atoms with Crippen LogP contribution in [-0.2, 0) is 0 Å². The number of rotatable bonds is 7. The van der Waals surface area contributed by atoms with E-state index in [2.05, 4.69) is 5.32 Å². The van der Waals surface area contributed by atoms with Gasteiger partial charge in [0, 0.05) is 13.1 Å². The Morgan fingerprint density at radius 3 is 2.95 bits per heavy atom. The van der Waals surface area contributed by atoms with Crippen LogP contribution in [0.2, 0.25) is 0 Å². The minimum Gasteiger partial charge on any atom is -0.491 e. The molecule has 0 saturated heterocycles. The fourth-order valence-electron chi connectivity index (χ4n) is 2.65. The van der Waals surface area contributed by atoms with E-state index in [1.54, 1.807) is 0 Å². The largest absolute Gasteiger partial charge is 0.491 e. The monoisotopic (exact) mass is 279 g/mol. The molecule has 0 bridgehead atoms. The molecule has 1 aromatic carbocycles. The number of benzene rings is 1. The van der Waals surface area contributed by atoms with E-state index in [0.717, 1.165) is 37.1 Å². The highest BCUT2D eigenvalue weighted by Gasteiger charge is 2.24.